The highest BCUT2D eigenvalue weighted by Crippen LogP contribution is 2.25. The zero-order valence-electron chi connectivity index (χ0n) is 17.9. The summed E-state index contributed by atoms with van der Waals surface area (Å²) in [6.07, 6.45) is 1.97. The summed E-state index contributed by atoms with van der Waals surface area (Å²) < 4.78 is 11.4. The molecule has 0 atom stereocenters. The van der Waals surface area contributed by atoms with Gasteiger partial charge in [-0.2, -0.15) is 9.97 Å². The van der Waals surface area contributed by atoms with Crippen molar-refractivity contribution in [2.24, 2.45) is 0 Å². The minimum Gasteiger partial charge on any atom is -0.439 e. The number of anilines is 2. The van der Waals surface area contributed by atoms with E-state index in [1.54, 1.807) is 0 Å². The summed E-state index contributed by atoms with van der Waals surface area (Å²) in [5.41, 5.74) is 1.32. The van der Waals surface area contributed by atoms with Crippen LogP contribution in [0.15, 0.2) is 66.7 Å². The molecule has 1 aromatic heterocycles. The Morgan fingerprint density at radius 2 is 1.72 bits per heavy atom. The Labute approximate surface area is 193 Å². The van der Waals surface area contributed by atoms with Crippen LogP contribution in [0.4, 0.5) is 11.8 Å². The first kappa shape index (κ1) is 22.0. The number of para-hydroxylation sites is 1. The van der Waals surface area contributed by atoms with Gasteiger partial charge in [-0.1, -0.05) is 48.5 Å². The fourth-order valence-corrected chi connectivity index (χ4v) is 3.56. The number of nitrogens with one attached hydrogen (secondary N) is 2. The van der Waals surface area contributed by atoms with Crippen LogP contribution in [-0.4, -0.2) is 47.9 Å². The Hall–Kier alpha value is -3.23. The molecule has 1 aliphatic heterocycles. The van der Waals surface area contributed by atoms with E-state index in [0.717, 1.165) is 38.3 Å². The lowest BCUT2D eigenvalue weighted by atomic mass is 10.1. The molecule has 0 spiro atoms. The number of ether oxygens (including phenoxy) is 2. The number of morpholine rings is 1. The highest BCUT2D eigenvalue weighted by molar-refractivity contribution is 7.80. The predicted molar refractivity (Wildman–Crippen MR) is 131 cm³/mol. The van der Waals surface area contributed by atoms with Crippen molar-refractivity contribution >= 4 is 29.1 Å². The number of hydrogen-bond acceptors (Lipinski definition) is 6. The Kier molecular flexibility index (Phi) is 7.84. The Balaban J connectivity index is 1.39. The van der Waals surface area contributed by atoms with Gasteiger partial charge < -0.3 is 25.0 Å². The lowest BCUT2D eigenvalue weighted by Crippen LogP contribution is -2.37. The van der Waals surface area contributed by atoms with Gasteiger partial charge in [-0.25, -0.2) is 0 Å². The van der Waals surface area contributed by atoms with Crippen LogP contribution < -0.4 is 20.3 Å². The molecule has 0 radical (unpaired) electrons. The molecule has 0 amide bonds. The monoisotopic (exact) mass is 449 g/mol. The standard InChI is InChI=1S/C24H27N5O2S/c32-24(25-13-7-10-19-8-3-1-4-9-19)28-23-26-21(29-14-16-30-17-15-29)18-22(27-23)31-20-11-5-2-6-12-20/h1-6,8-9,11-12,18H,7,10,13-17H2,(H2,25,26,27,28,32). The van der Waals surface area contributed by atoms with Crippen molar-refractivity contribution in [1.29, 1.82) is 0 Å². The fraction of sp³-hybridized carbons (Fsp3) is 0.292. The Bertz CT molecular complexity index is 998. The molecule has 0 saturated carbocycles. The first-order chi connectivity index (χ1) is 15.8. The van der Waals surface area contributed by atoms with Crippen molar-refractivity contribution in [2.75, 3.05) is 43.1 Å². The third-order valence-corrected chi connectivity index (χ3v) is 5.23. The van der Waals surface area contributed by atoms with Gasteiger partial charge in [0, 0.05) is 25.7 Å². The predicted octanol–water partition coefficient (Wildman–Crippen LogP) is 4.02. The first-order valence-electron chi connectivity index (χ1n) is 10.8. The second kappa shape index (κ2) is 11.4. The van der Waals surface area contributed by atoms with Gasteiger partial charge in [0.2, 0.25) is 11.8 Å². The van der Waals surface area contributed by atoms with E-state index in [2.05, 4.69) is 49.8 Å². The average molecular weight is 450 g/mol. The van der Waals surface area contributed by atoms with Crippen molar-refractivity contribution in [3.63, 3.8) is 0 Å². The van der Waals surface area contributed by atoms with Gasteiger partial charge >= 0.3 is 0 Å². The third-order valence-electron chi connectivity index (χ3n) is 4.99. The molecule has 2 heterocycles. The summed E-state index contributed by atoms with van der Waals surface area (Å²) in [6.45, 7) is 3.64. The van der Waals surface area contributed by atoms with Gasteiger partial charge in [0.1, 0.15) is 11.6 Å². The van der Waals surface area contributed by atoms with E-state index >= 15 is 0 Å². The molecule has 0 bridgehead atoms. The lowest BCUT2D eigenvalue weighted by Gasteiger charge is -2.28. The first-order valence-corrected chi connectivity index (χ1v) is 11.2. The Morgan fingerprint density at radius 3 is 2.47 bits per heavy atom. The van der Waals surface area contributed by atoms with Crippen molar-refractivity contribution < 1.29 is 9.47 Å². The van der Waals surface area contributed by atoms with Gasteiger partial charge in [-0.05, 0) is 42.8 Å². The number of hydrogen-bond donors (Lipinski definition) is 2. The molecule has 1 fully saturated rings. The van der Waals surface area contributed by atoms with Gasteiger partial charge in [-0.3, -0.25) is 0 Å². The number of thiocarbonyl (C=S) groups is 1. The second-order valence-electron chi connectivity index (χ2n) is 7.37. The van der Waals surface area contributed by atoms with Crippen LogP contribution in [0.5, 0.6) is 11.6 Å². The normalized spacial score (nSPS) is 13.4. The molecule has 32 heavy (non-hydrogen) atoms. The number of rotatable bonds is 8. The topological polar surface area (TPSA) is 71.5 Å². The summed E-state index contributed by atoms with van der Waals surface area (Å²) in [6, 6.07) is 21.8. The third kappa shape index (κ3) is 6.63. The minimum atomic E-state index is 0.403. The van der Waals surface area contributed by atoms with Crippen LogP contribution in [0.1, 0.15) is 12.0 Å². The molecular weight excluding hydrogens is 422 g/mol. The van der Waals surface area contributed by atoms with Crippen molar-refractivity contribution in [2.45, 2.75) is 12.8 Å². The van der Waals surface area contributed by atoms with Crippen LogP contribution in [0.2, 0.25) is 0 Å². The number of aromatic nitrogens is 2. The van der Waals surface area contributed by atoms with Crippen molar-refractivity contribution in [3.8, 4) is 11.6 Å². The van der Waals surface area contributed by atoms with E-state index in [9.17, 15) is 0 Å². The van der Waals surface area contributed by atoms with Crippen molar-refractivity contribution in [3.05, 3.63) is 72.3 Å². The van der Waals surface area contributed by atoms with E-state index in [4.69, 9.17) is 21.7 Å². The molecule has 3 aromatic rings. The number of benzene rings is 2. The molecule has 1 saturated heterocycles. The highest BCUT2D eigenvalue weighted by Gasteiger charge is 2.16. The summed E-state index contributed by atoms with van der Waals surface area (Å²) in [5.74, 6) is 2.36. The van der Waals surface area contributed by atoms with Gasteiger partial charge in [-0.15, -0.1) is 0 Å². The second-order valence-corrected chi connectivity index (χ2v) is 7.78. The maximum absolute atomic E-state index is 5.97. The molecule has 8 heteroatoms. The molecule has 2 N–H and O–H groups in total. The Morgan fingerprint density at radius 1 is 1.00 bits per heavy atom. The van der Waals surface area contributed by atoms with E-state index in [-0.39, 0.29) is 0 Å². The summed E-state index contributed by atoms with van der Waals surface area (Å²) in [5, 5.41) is 6.83. The molecular formula is C24H27N5O2S. The van der Waals surface area contributed by atoms with Crippen LogP contribution in [-0.2, 0) is 11.2 Å². The van der Waals surface area contributed by atoms with Gasteiger partial charge in [0.25, 0.3) is 0 Å². The zero-order chi connectivity index (χ0) is 22.0. The van der Waals surface area contributed by atoms with Crippen LogP contribution in [0.25, 0.3) is 0 Å². The van der Waals surface area contributed by atoms with Gasteiger partial charge in [0.15, 0.2) is 5.11 Å². The number of aryl methyl sites for hydroxylation is 1. The zero-order valence-corrected chi connectivity index (χ0v) is 18.7. The summed E-state index contributed by atoms with van der Waals surface area (Å²) in [4.78, 5) is 11.3. The molecule has 166 valence electrons. The summed E-state index contributed by atoms with van der Waals surface area (Å²) in [7, 11) is 0. The smallest absolute Gasteiger partial charge is 0.234 e. The van der Waals surface area contributed by atoms with E-state index in [1.807, 2.05) is 42.5 Å². The van der Waals surface area contributed by atoms with E-state index < -0.39 is 0 Å². The van der Waals surface area contributed by atoms with Crippen LogP contribution in [0, 0.1) is 0 Å². The SMILES string of the molecule is S=C(NCCCc1ccccc1)Nc1nc(Oc2ccccc2)cc(N2CCOCC2)n1. The molecule has 0 aliphatic carbocycles. The maximum atomic E-state index is 5.97. The summed E-state index contributed by atoms with van der Waals surface area (Å²) >= 11 is 5.46. The average Bonchev–Trinajstić information content (AvgIpc) is 2.83. The van der Waals surface area contributed by atoms with E-state index in [1.165, 1.54) is 5.56 Å². The molecule has 7 nitrogen and oxygen atoms in total. The maximum Gasteiger partial charge on any atom is 0.234 e. The van der Waals surface area contributed by atoms with Crippen LogP contribution >= 0.6 is 12.2 Å². The van der Waals surface area contributed by atoms with Crippen LogP contribution in [0.3, 0.4) is 0 Å². The fourth-order valence-electron chi connectivity index (χ4n) is 3.37. The molecule has 1 aliphatic rings. The molecule has 4 rings (SSSR count). The molecule has 0 unspecified atom stereocenters. The van der Waals surface area contributed by atoms with Gasteiger partial charge in [0.05, 0.1) is 13.2 Å². The largest absolute Gasteiger partial charge is 0.439 e. The van der Waals surface area contributed by atoms with Crippen molar-refractivity contribution in [1.82, 2.24) is 15.3 Å². The quantitative estimate of drug-likeness (QED) is 0.395. The minimum absolute atomic E-state index is 0.403. The number of nitrogens with zero attached hydrogens (tertiary/aromatic N) is 3. The van der Waals surface area contributed by atoms with E-state index in [0.29, 0.717) is 35.9 Å². The lowest BCUT2D eigenvalue weighted by molar-refractivity contribution is 0.122. The molecule has 2 aromatic carbocycles. The highest BCUT2D eigenvalue weighted by atomic mass is 32.1.